The predicted molar refractivity (Wildman–Crippen MR) is 228 cm³/mol. The maximum absolute atomic E-state index is 12.9. The first-order valence-corrected chi connectivity index (χ1v) is 21.2. The minimum Gasteiger partial charge on any atom is -0.457 e. The normalized spacial score (nSPS) is 18.2. The molecule has 0 saturated carbocycles. The first-order chi connectivity index (χ1) is 27.4. The van der Waals surface area contributed by atoms with Gasteiger partial charge in [0.05, 0.1) is 18.8 Å². The van der Waals surface area contributed by atoms with E-state index in [4.69, 9.17) is 14.2 Å². The van der Waals surface area contributed by atoms with Crippen LogP contribution >= 0.6 is 0 Å². The molecule has 4 atom stereocenters. The van der Waals surface area contributed by atoms with E-state index in [-0.39, 0.29) is 30.8 Å². The first-order valence-electron chi connectivity index (χ1n) is 21.2. The number of para-hydroxylation sites is 1. The first kappa shape index (κ1) is 42.9. The summed E-state index contributed by atoms with van der Waals surface area (Å²) in [5, 5.41) is 15.5. The lowest BCUT2D eigenvalue weighted by Crippen LogP contribution is -2.45. The van der Waals surface area contributed by atoms with Gasteiger partial charge in [-0.25, -0.2) is 4.79 Å². The topological polar surface area (TPSA) is 92.3 Å². The number of urea groups is 1. The van der Waals surface area contributed by atoms with Crippen LogP contribution in [0.4, 0.5) is 16.2 Å². The molecule has 0 unspecified atom stereocenters. The molecular weight excluding hydrogens is 699 g/mol. The number of carbonyl (C=O) groups is 1. The fourth-order valence-electron chi connectivity index (χ4n) is 7.36. The SMILES string of the molecule is CCCCCCCCN(CCCCCCCC)C[C@@H]1O[C@H](c2ccc(NC(=O)Nc3ccc(Oc4ccccc4)cc3)cc2)O[C@H](c2ccc(CO)cc2)[C@@H]1C. The lowest BCUT2D eigenvalue weighted by molar-refractivity contribution is -0.276. The van der Waals surface area contributed by atoms with E-state index in [9.17, 15) is 9.90 Å². The highest BCUT2D eigenvalue weighted by molar-refractivity contribution is 5.99. The molecule has 56 heavy (non-hydrogen) atoms. The van der Waals surface area contributed by atoms with Gasteiger partial charge in [0, 0.05) is 29.4 Å². The number of aliphatic hydroxyl groups is 1. The Balaban J connectivity index is 1.23. The second-order valence-corrected chi connectivity index (χ2v) is 15.3. The van der Waals surface area contributed by atoms with Gasteiger partial charge in [-0.3, -0.25) is 0 Å². The van der Waals surface area contributed by atoms with Crippen molar-refractivity contribution in [2.75, 3.05) is 30.3 Å². The maximum Gasteiger partial charge on any atom is 0.323 e. The van der Waals surface area contributed by atoms with Crippen molar-refractivity contribution in [3.05, 3.63) is 120 Å². The lowest BCUT2D eigenvalue weighted by atomic mass is 9.90. The zero-order valence-corrected chi connectivity index (χ0v) is 34.0. The van der Waals surface area contributed by atoms with Gasteiger partial charge in [-0.2, -0.15) is 0 Å². The Bertz CT molecular complexity index is 1650. The molecule has 4 aromatic rings. The number of nitrogens with one attached hydrogen (secondary N) is 2. The second kappa shape index (κ2) is 23.8. The van der Waals surface area contributed by atoms with Gasteiger partial charge in [0.15, 0.2) is 6.29 Å². The highest BCUT2D eigenvalue weighted by Gasteiger charge is 2.39. The van der Waals surface area contributed by atoms with Crippen LogP contribution < -0.4 is 15.4 Å². The molecule has 2 amide bonds. The number of amides is 2. The Kier molecular flexibility index (Phi) is 18.2. The van der Waals surface area contributed by atoms with E-state index in [1.165, 1.54) is 77.0 Å². The highest BCUT2D eigenvalue weighted by atomic mass is 16.7. The summed E-state index contributed by atoms with van der Waals surface area (Å²) in [5.74, 6) is 1.56. The van der Waals surface area contributed by atoms with Crippen LogP contribution in [0, 0.1) is 5.92 Å². The number of anilines is 2. The van der Waals surface area contributed by atoms with Crippen molar-refractivity contribution >= 4 is 17.4 Å². The molecule has 0 aliphatic carbocycles. The van der Waals surface area contributed by atoms with E-state index in [0.29, 0.717) is 17.1 Å². The highest BCUT2D eigenvalue weighted by Crippen LogP contribution is 2.42. The monoisotopic (exact) mass is 763 g/mol. The number of carbonyl (C=O) groups excluding carboxylic acids is 1. The summed E-state index contributed by atoms with van der Waals surface area (Å²) in [6.45, 7) is 9.83. The average molecular weight is 764 g/mol. The van der Waals surface area contributed by atoms with Crippen LogP contribution in [0.5, 0.6) is 11.5 Å². The van der Waals surface area contributed by atoms with Crippen LogP contribution in [0.1, 0.15) is 127 Å². The van der Waals surface area contributed by atoms with Gasteiger partial charge >= 0.3 is 6.03 Å². The number of nitrogens with zero attached hydrogens (tertiary/aromatic N) is 1. The minimum absolute atomic E-state index is 0.00989. The Hall–Kier alpha value is -4.21. The molecule has 5 rings (SSSR count). The van der Waals surface area contributed by atoms with Crippen LogP contribution in [0.25, 0.3) is 0 Å². The molecular formula is C48H65N3O5. The Morgan fingerprint density at radius 1 is 0.643 bits per heavy atom. The average Bonchev–Trinajstić information content (AvgIpc) is 3.22. The molecule has 1 aliphatic rings. The van der Waals surface area contributed by atoms with E-state index in [0.717, 1.165) is 42.1 Å². The smallest absolute Gasteiger partial charge is 0.323 e. The van der Waals surface area contributed by atoms with E-state index >= 15 is 0 Å². The number of hydrogen-bond acceptors (Lipinski definition) is 6. The molecule has 0 bridgehead atoms. The Labute approximate surface area is 336 Å². The molecule has 302 valence electrons. The Morgan fingerprint density at radius 2 is 1.16 bits per heavy atom. The number of unbranched alkanes of at least 4 members (excludes halogenated alkanes) is 10. The fraction of sp³-hybridized carbons (Fsp3) is 0.479. The van der Waals surface area contributed by atoms with Crippen molar-refractivity contribution in [2.45, 2.75) is 123 Å². The molecule has 0 aromatic heterocycles. The van der Waals surface area contributed by atoms with Gasteiger partial charge in [0.2, 0.25) is 0 Å². The van der Waals surface area contributed by atoms with E-state index in [1.54, 1.807) is 0 Å². The van der Waals surface area contributed by atoms with E-state index in [2.05, 4.69) is 48.4 Å². The number of hydrogen-bond donors (Lipinski definition) is 3. The van der Waals surface area contributed by atoms with Crippen molar-refractivity contribution in [1.29, 1.82) is 0 Å². The zero-order valence-electron chi connectivity index (χ0n) is 34.0. The molecule has 0 radical (unpaired) electrons. The summed E-state index contributed by atoms with van der Waals surface area (Å²) in [6.07, 6.45) is 14.6. The molecule has 1 aliphatic heterocycles. The minimum atomic E-state index is -0.567. The lowest BCUT2D eigenvalue weighted by Gasteiger charge is -2.43. The molecule has 4 aromatic carbocycles. The molecule has 8 nitrogen and oxygen atoms in total. The zero-order chi connectivity index (χ0) is 39.4. The fourth-order valence-corrected chi connectivity index (χ4v) is 7.36. The molecule has 1 heterocycles. The van der Waals surface area contributed by atoms with Crippen molar-refractivity contribution in [2.24, 2.45) is 5.92 Å². The Morgan fingerprint density at radius 3 is 1.73 bits per heavy atom. The summed E-state index contributed by atoms with van der Waals surface area (Å²) in [7, 11) is 0. The standard InChI is InChI=1S/C48H65N3O5/c1-4-6-8-10-12-17-33-51(34-18-13-11-9-7-5-2)35-45-37(3)46(39-23-21-38(36-52)22-24-39)56-47(55-45)40-25-27-41(28-26-40)49-48(53)50-42-29-31-44(32-30-42)54-43-19-15-14-16-20-43/h14-16,19-32,37,45-47,52H,4-13,17-18,33-36H2,1-3H3,(H2,49,50,53)/t37-,45+,46+,47+/m1/s1. The van der Waals surface area contributed by atoms with Gasteiger partial charge < -0.3 is 34.9 Å². The third-order valence-electron chi connectivity index (χ3n) is 10.7. The van der Waals surface area contributed by atoms with Crippen LogP contribution in [0.2, 0.25) is 0 Å². The summed E-state index contributed by atoms with van der Waals surface area (Å²) in [4.78, 5) is 15.6. The summed E-state index contributed by atoms with van der Waals surface area (Å²) in [5.41, 5.74) is 4.19. The van der Waals surface area contributed by atoms with Gasteiger partial charge in [0.1, 0.15) is 11.5 Å². The van der Waals surface area contributed by atoms with Crippen molar-refractivity contribution < 1.29 is 24.1 Å². The largest absolute Gasteiger partial charge is 0.457 e. The molecule has 0 spiro atoms. The molecule has 1 saturated heterocycles. The van der Waals surface area contributed by atoms with Crippen molar-refractivity contribution in [3.63, 3.8) is 0 Å². The third-order valence-corrected chi connectivity index (χ3v) is 10.7. The quantitative estimate of drug-likeness (QED) is 0.0652. The van der Waals surface area contributed by atoms with Gasteiger partial charge in [-0.1, -0.05) is 140 Å². The third kappa shape index (κ3) is 14.1. The second-order valence-electron chi connectivity index (χ2n) is 15.3. The van der Waals surface area contributed by atoms with E-state index < -0.39 is 6.29 Å². The van der Waals surface area contributed by atoms with Crippen LogP contribution in [0.15, 0.2) is 103 Å². The van der Waals surface area contributed by atoms with Crippen LogP contribution in [-0.4, -0.2) is 41.8 Å². The van der Waals surface area contributed by atoms with Crippen LogP contribution in [-0.2, 0) is 16.1 Å². The summed E-state index contributed by atoms with van der Waals surface area (Å²) < 4.78 is 19.5. The van der Waals surface area contributed by atoms with Gasteiger partial charge in [0.25, 0.3) is 0 Å². The summed E-state index contributed by atoms with van der Waals surface area (Å²) >= 11 is 0. The van der Waals surface area contributed by atoms with Gasteiger partial charge in [-0.15, -0.1) is 0 Å². The molecule has 1 fully saturated rings. The predicted octanol–water partition coefficient (Wildman–Crippen LogP) is 12.4. The molecule has 3 N–H and O–H groups in total. The maximum atomic E-state index is 12.9. The van der Waals surface area contributed by atoms with Gasteiger partial charge in [-0.05, 0) is 85.6 Å². The van der Waals surface area contributed by atoms with Crippen molar-refractivity contribution in [3.8, 4) is 11.5 Å². The number of benzene rings is 4. The summed E-state index contributed by atoms with van der Waals surface area (Å²) in [6, 6.07) is 32.4. The number of ether oxygens (including phenoxy) is 3. The van der Waals surface area contributed by atoms with E-state index in [1.807, 2.05) is 91.0 Å². The number of rotatable bonds is 23. The number of aliphatic hydroxyl groups excluding tert-OH is 1. The van der Waals surface area contributed by atoms with Crippen molar-refractivity contribution in [1.82, 2.24) is 4.90 Å². The molecule has 8 heteroatoms. The van der Waals surface area contributed by atoms with Crippen LogP contribution in [0.3, 0.4) is 0 Å².